The van der Waals surface area contributed by atoms with Crippen LogP contribution in [0.15, 0.2) is 54.6 Å². The van der Waals surface area contributed by atoms with E-state index in [1.165, 1.54) is 5.56 Å². The maximum Gasteiger partial charge on any atom is 0.0362 e. The second kappa shape index (κ2) is 4.81. The van der Waals surface area contributed by atoms with Crippen molar-refractivity contribution in [2.24, 2.45) is 5.73 Å². The van der Waals surface area contributed by atoms with E-state index in [0.717, 1.165) is 17.7 Å². The number of rotatable bonds is 3. The van der Waals surface area contributed by atoms with Crippen LogP contribution in [0.1, 0.15) is 17.2 Å². The van der Waals surface area contributed by atoms with E-state index in [1.807, 2.05) is 42.5 Å². The van der Waals surface area contributed by atoms with Crippen LogP contribution in [0.4, 0.5) is 5.69 Å². The average molecular weight is 212 g/mol. The largest absolute Gasteiger partial charge is 0.398 e. The summed E-state index contributed by atoms with van der Waals surface area (Å²) in [6.45, 7) is 0. The molecule has 4 N–H and O–H groups in total. The molecule has 16 heavy (non-hydrogen) atoms. The zero-order valence-corrected chi connectivity index (χ0v) is 9.14. The quantitative estimate of drug-likeness (QED) is 0.768. The Morgan fingerprint density at radius 1 is 0.875 bits per heavy atom. The Hall–Kier alpha value is -1.80. The van der Waals surface area contributed by atoms with Gasteiger partial charge in [-0.15, -0.1) is 0 Å². The molecule has 0 heterocycles. The van der Waals surface area contributed by atoms with Gasteiger partial charge >= 0.3 is 0 Å². The first-order valence-electron chi connectivity index (χ1n) is 5.41. The van der Waals surface area contributed by atoms with Crippen LogP contribution < -0.4 is 11.5 Å². The fourth-order valence-corrected chi connectivity index (χ4v) is 1.83. The lowest BCUT2D eigenvalue weighted by atomic mass is 9.98. The van der Waals surface area contributed by atoms with Crippen molar-refractivity contribution in [3.05, 3.63) is 65.7 Å². The Morgan fingerprint density at radius 2 is 1.50 bits per heavy atom. The predicted molar refractivity (Wildman–Crippen MR) is 67.9 cm³/mol. The number of hydrogen-bond acceptors (Lipinski definition) is 2. The average Bonchev–Trinajstić information content (AvgIpc) is 2.31. The molecular formula is C14H16N2. The summed E-state index contributed by atoms with van der Waals surface area (Å²) in [5.41, 5.74) is 15.1. The Bertz CT molecular complexity index is 451. The van der Waals surface area contributed by atoms with Crippen LogP contribution in [0.3, 0.4) is 0 Å². The number of para-hydroxylation sites is 1. The topological polar surface area (TPSA) is 52.0 Å². The van der Waals surface area contributed by atoms with Crippen molar-refractivity contribution in [2.45, 2.75) is 12.5 Å². The molecule has 0 bridgehead atoms. The van der Waals surface area contributed by atoms with E-state index < -0.39 is 0 Å². The van der Waals surface area contributed by atoms with Crippen LogP contribution in [0.2, 0.25) is 0 Å². The first-order chi connectivity index (χ1) is 7.77. The zero-order valence-electron chi connectivity index (χ0n) is 9.14. The van der Waals surface area contributed by atoms with Crippen molar-refractivity contribution in [1.82, 2.24) is 0 Å². The summed E-state index contributed by atoms with van der Waals surface area (Å²) < 4.78 is 0. The highest BCUT2D eigenvalue weighted by atomic mass is 14.7. The van der Waals surface area contributed by atoms with Gasteiger partial charge in [0.2, 0.25) is 0 Å². The summed E-state index contributed by atoms with van der Waals surface area (Å²) in [5.74, 6) is 0. The maximum absolute atomic E-state index is 6.15. The molecule has 0 saturated carbocycles. The van der Waals surface area contributed by atoms with Gasteiger partial charge in [0.05, 0.1) is 0 Å². The van der Waals surface area contributed by atoms with Gasteiger partial charge in [-0.25, -0.2) is 0 Å². The molecule has 0 unspecified atom stereocenters. The van der Waals surface area contributed by atoms with Crippen molar-refractivity contribution in [2.75, 3.05) is 5.73 Å². The first kappa shape index (κ1) is 10.7. The van der Waals surface area contributed by atoms with Crippen LogP contribution in [0, 0.1) is 0 Å². The molecule has 2 heteroatoms. The van der Waals surface area contributed by atoms with Crippen LogP contribution in [-0.2, 0) is 6.42 Å². The van der Waals surface area contributed by atoms with Crippen molar-refractivity contribution >= 4 is 5.69 Å². The van der Waals surface area contributed by atoms with E-state index in [0.29, 0.717) is 0 Å². The van der Waals surface area contributed by atoms with E-state index in [9.17, 15) is 0 Å². The molecular weight excluding hydrogens is 196 g/mol. The second-order valence-electron chi connectivity index (χ2n) is 3.93. The van der Waals surface area contributed by atoms with Crippen LogP contribution >= 0.6 is 0 Å². The first-order valence-corrected chi connectivity index (χ1v) is 5.41. The third-order valence-corrected chi connectivity index (χ3v) is 2.69. The van der Waals surface area contributed by atoms with E-state index in [1.54, 1.807) is 0 Å². The highest BCUT2D eigenvalue weighted by Crippen LogP contribution is 2.21. The Balaban J connectivity index is 2.15. The van der Waals surface area contributed by atoms with Crippen LogP contribution in [-0.4, -0.2) is 0 Å². The van der Waals surface area contributed by atoms with E-state index in [2.05, 4.69) is 12.1 Å². The van der Waals surface area contributed by atoms with Crippen molar-refractivity contribution in [3.8, 4) is 0 Å². The molecule has 0 amide bonds. The van der Waals surface area contributed by atoms with Gasteiger partial charge in [-0.05, 0) is 23.6 Å². The number of benzene rings is 2. The van der Waals surface area contributed by atoms with Crippen LogP contribution in [0.25, 0.3) is 0 Å². The highest BCUT2D eigenvalue weighted by Gasteiger charge is 2.09. The van der Waals surface area contributed by atoms with Gasteiger partial charge in [0.15, 0.2) is 0 Å². The van der Waals surface area contributed by atoms with Gasteiger partial charge in [0.1, 0.15) is 0 Å². The molecule has 0 spiro atoms. The van der Waals surface area contributed by atoms with Crippen molar-refractivity contribution < 1.29 is 0 Å². The van der Waals surface area contributed by atoms with E-state index in [4.69, 9.17) is 11.5 Å². The Morgan fingerprint density at radius 3 is 2.19 bits per heavy atom. The molecule has 1 atom stereocenters. The minimum Gasteiger partial charge on any atom is -0.398 e. The van der Waals surface area contributed by atoms with Gasteiger partial charge in [-0.1, -0.05) is 48.5 Å². The van der Waals surface area contributed by atoms with Gasteiger partial charge in [-0.2, -0.15) is 0 Å². The SMILES string of the molecule is Nc1ccccc1[C@H](N)Cc1ccccc1. The minimum absolute atomic E-state index is 0.0383. The molecule has 2 rings (SSSR count). The Kier molecular flexibility index (Phi) is 3.22. The lowest BCUT2D eigenvalue weighted by molar-refractivity contribution is 0.724. The number of nitrogen functional groups attached to an aromatic ring is 1. The summed E-state index contributed by atoms with van der Waals surface area (Å²) >= 11 is 0. The number of nitrogens with two attached hydrogens (primary N) is 2. The summed E-state index contributed by atoms with van der Waals surface area (Å²) in [4.78, 5) is 0. The molecule has 0 saturated heterocycles. The molecule has 2 nitrogen and oxygen atoms in total. The second-order valence-corrected chi connectivity index (χ2v) is 3.93. The molecule has 2 aromatic rings. The van der Waals surface area contributed by atoms with Crippen LogP contribution in [0.5, 0.6) is 0 Å². The molecule has 2 aromatic carbocycles. The van der Waals surface area contributed by atoms with Gasteiger partial charge in [0, 0.05) is 11.7 Å². The summed E-state index contributed by atoms with van der Waals surface area (Å²) in [6, 6.07) is 18.0. The highest BCUT2D eigenvalue weighted by molar-refractivity contribution is 5.48. The maximum atomic E-state index is 6.15. The van der Waals surface area contributed by atoms with Crippen molar-refractivity contribution in [1.29, 1.82) is 0 Å². The lowest BCUT2D eigenvalue weighted by Crippen LogP contribution is -2.15. The van der Waals surface area contributed by atoms with Crippen molar-refractivity contribution in [3.63, 3.8) is 0 Å². The third-order valence-electron chi connectivity index (χ3n) is 2.69. The minimum atomic E-state index is -0.0383. The molecule has 0 aliphatic rings. The summed E-state index contributed by atoms with van der Waals surface area (Å²) in [7, 11) is 0. The number of anilines is 1. The smallest absolute Gasteiger partial charge is 0.0362 e. The fraction of sp³-hybridized carbons (Fsp3) is 0.143. The summed E-state index contributed by atoms with van der Waals surface area (Å²) in [6.07, 6.45) is 0.815. The molecule has 0 fully saturated rings. The zero-order chi connectivity index (χ0) is 11.4. The molecule has 0 aromatic heterocycles. The van der Waals surface area contributed by atoms with E-state index >= 15 is 0 Å². The molecule has 82 valence electrons. The van der Waals surface area contributed by atoms with Gasteiger partial charge in [-0.3, -0.25) is 0 Å². The fourth-order valence-electron chi connectivity index (χ4n) is 1.83. The Labute approximate surface area is 95.9 Å². The molecule has 0 radical (unpaired) electrons. The standard InChI is InChI=1S/C14H16N2/c15-13-9-5-4-8-12(13)14(16)10-11-6-2-1-3-7-11/h1-9,14H,10,15-16H2/t14-/m1/s1. The normalized spacial score (nSPS) is 12.3. The third kappa shape index (κ3) is 2.41. The molecule has 0 aliphatic heterocycles. The van der Waals surface area contributed by atoms with E-state index in [-0.39, 0.29) is 6.04 Å². The molecule has 0 aliphatic carbocycles. The summed E-state index contributed by atoms with van der Waals surface area (Å²) in [5, 5.41) is 0. The lowest BCUT2D eigenvalue weighted by Gasteiger charge is -2.14. The predicted octanol–water partition coefficient (Wildman–Crippen LogP) is 2.51. The van der Waals surface area contributed by atoms with Gasteiger partial charge in [0.25, 0.3) is 0 Å². The van der Waals surface area contributed by atoms with Gasteiger partial charge < -0.3 is 11.5 Å². The number of hydrogen-bond donors (Lipinski definition) is 2. The monoisotopic (exact) mass is 212 g/mol.